The number of carbonyl (C=O) groups is 2. The molecule has 1 aromatic rings. The molecular weight excluding hydrogens is 312 g/mol. The van der Waals surface area contributed by atoms with Gasteiger partial charge in [-0.1, -0.05) is 0 Å². The molecule has 24 heavy (non-hydrogen) atoms. The number of morpholine rings is 1. The van der Waals surface area contributed by atoms with Crippen molar-refractivity contribution in [2.24, 2.45) is 0 Å². The van der Waals surface area contributed by atoms with Crippen molar-refractivity contribution in [1.29, 1.82) is 0 Å². The summed E-state index contributed by atoms with van der Waals surface area (Å²) in [5.41, 5.74) is 0.849. The van der Waals surface area contributed by atoms with E-state index in [-0.39, 0.29) is 18.5 Å². The lowest BCUT2D eigenvalue weighted by molar-refractivity contribution is -0.143. The van der Waals surface area contributed by atoms with Gasteiger partial charge in [-0.3, -0.25) is 19.3 Å². The number of rotatable bonds is 5. The molecule has 3 saturated heterocycles. The van der Waals surface area contributed by atoms with Crippen molar-refractivity contribution in [1.82, 2.24) is 24.9 Å². The molecule has 0 unspecified atom stereocenters. The van der Waals surface area contributed by atoms with Crippen molar-refractivity contribution in [3.63, 3.8) is 0 Å². The van der Waals surface area contributed by atoms with Gasteiger partial charge in [-0.05, 0) is 0 Å². The summed E-state index contributed by atoms with van der Waals surface area (Å²) < 4.78 is 7.08. The van der Waals surface area contributed by atoms with Gasteiger partial charge in [-0.2, -0.15) is 5.10 Å². The number of nitrogens with one attached hydrogen (secondary N) is 1. The summed E-state index contributed by atoms with van der Waals surface area (Å²) in [5, 5.41) is 7.19. The number of hydrogen-bond acceptors (Lipinski definition) is 5. The zero-order chi connectivity index (χ0) is 16.5. The maximum Gasteiger partial charge on any atom is 0.322 e. The van der Waals surface area contributed by atoms with E-state index >= 15 is 0 Å². The van der Waals surface area contributed by atoms with E-state index in [2.05, 4.69) is 15.3 Å². The molecule has 0 aliphatic carbocycles. The molecule has 1 N–H and O–H groups in total. The molecule has 3 aliphatic rings. The van der Waals surface area contributed by atoms with E-state index in [9.17, 15) is 9.59 Å². The lowest BCUT2D eigenvalue weighted by Gasteiger charge is -2.40. The van der Waals surface area contributed by atoms with Crippen molar-refractivity contribution < 1.29 is 14.3 Å². The average molecular weight is 334 g/mol. The molecule has 3 amide bonds. The molecule has 0 spiro atoms. The predicted octanol–water partition coefficient (Wildman–Crippen LogP) is -0.872. The van der Waals surface area contributed by atoms with Gasteiger partial charge in [0.15, 0.2) is 0 Å². The molecule has 1 aromatic heterocycles. The van der Waals surface area contributed by atoms with Gasteiger partial charge in [0.2, 0.25) is 5.91 Å². The Morgan fingerprint density at radius 1 is 1.25 bits per heavy atom. The van der Waals surface area contributed by atoms with Gasteiger partial charge in [0, 0.05) is 52.0 Å². The summed E-state index contributed by atoms with van der Waals surface area (Å²) in [6.07, 6.45) is 3.69. The summed E-state index contributed by atoms with van der Waals surface area (Å²) in [4.78, 5) is 29.3. The number of anilines is 1. The van der Waals surface area contributed by atoms with Crippen molar-refractivity contribution in [3.05, 3.63) is 12.4 Å². The summed E-state index contributed by atoms with van der Waals surface area (Å²) in [6, 6.07) is 0.282. The number of likely N-dealkylation sites (tertiary alicyclic amines) is 1. The highest BCUT2D eigenvalue weighted by Crippen LogP contribution is 2.23. The van der Waals surface area contributed by atoms with Crippen LogP contribution in [0.2, 0.25) is 0 Å². The second kappa shape index (κ2) is 6.40. The fraction of sp³-hybridized carbons (Fsp3) is 0.667. The van der Waals surface area contributed by atoms with E-state index in [1.807, 2.05) is 15.8 Å². The van der Waals surface area contributed by atoms with Crippen LogP contribution in [-0.2, 0) is 9.53 Å². The second-order valence-electron chi connectivity index (χ2n) is 6.41. The molecule has 0 bridgehead atoms. The highest BCUT2D eigenvalue weighted by Gasteiger charge is 2.31. The summed E-state index contributed by atoms with van der Waals surface area (Å²) >= 11 is 0. The quantitative estimate of drug-likeness (QED) is 0.757. The van der Waals surface area contributed by atoms with Crippen LogP contribution in [0.25, 0.3) is 0 Å². The maximum absolute atomic E-state index is 11.7. The first-order valence-electron chi connectivity index (χ1n) is 8.38. The molecule has 130 valence electrons. The van der Waals surface area contributed by atoms with E-state index in [0.29, 0.717) is 32.3 Å². The smallest absolute Gasteiger partial charge is 0.322 e. The Hall–Kier alpha value is -2.13. The van der Waals surface area contributed by atoms with Crippen LogP contribution in [0.4, 0.5) is 10.5 Å². The van der Waals surface area contributed by atoms with Crippen LogP contribution < -0.4 is 10.2 Å². The molecule has 3 aliphatic heterocycles. The van der Waals surface area contributed by atoms with Gasteiger partial charge in [-0.25, -0.2) is 4.79 Å². The standard InChI is InChI=1S/C15H22N6O3/c22-14-11-24-6-5-19(14)4-3-18-8-13(9-18)21-10-12(7-17-21)20-2-1-16-15(20)23/h7,10,13H,1-6,8-9,11H2,(H,16,23). The van der Waals surface area contributed by atoms with E-state index in [4.69, 9.17) is 4.74 Å². The normalized spacial score (nSPS) is 22.8. The van der Waals surface area contributed by atoms with Crippen LogP contribution in [0, 0.1) is 0 Å². The summed E-state index contributed by atoms with van der Waals surface area (Å²) in [6.45, 7) is 6.39. The third kappa shape index (κ3) is 2.96. The van der Waals surface area contributed by atoms with E-state index in [1.54, 1.807) is 11.1 Å². The Labute approximate surface area is 140 Å². The number of hydrogen-bond donors (Lipinski definition) is 1. The van der Waals surface area contributed by atoms with Gasteiger partial charge in [-0.15, -0.1) is 0 Å². The maximum atomic E-state index is 11.7. The Bertz CT molecular complexity index is 626. The van der Waals surface area contributed by atoms with Gasteiger partial charge < -0.3 is 15.0 Å². The Kier molecular flexibility index (Phi) is 4.11. The molecular formula is C15H22N6O3. The molecule has 0 saturated carbocycles. The van der Waals surface area contributed by atoms with Gasteiger partial charge in [0.25, 0.3) is 0 Å². The number of carbonyl (C=O) groups excluding carboxylic acids is 2. The number of amides is 3. The minimum absolute atomic E-state index is 0.0556. The van der Waals surface area contributed by atoms with Crippen LogP contribution in [-0.4, -0.2) is 90.5 Å². The molecule has 3 fully saturated rings. The highest BCUT2D eigenvalue weighted by atomic mass is 16.5. The van der Waals surface area contributed by atoms with Gasteiger partial charge >= 0.3 is 6.03 Å². The van der Waals surface area contributed by atoms with Crippen LogP contribution in [0.3, 0.4) is 0 Å². The fourth-order valence-electron chi connectivity index (χ4n) is 3.33. The molecule has 0 radical (unpaired) electrons. The highest BCUT2D eigenvalue weighted by molar-refractivity contribution is 5.93. The fourth-order valence-corrected chi connectivity index (χ4v) is 3.33. The van der Waals surface area contributed by atoms with E-state index < -0.39 is 0 Å². The first-order valence-corrected chi connectivity index (χ1v) is 8.38. The summed E-state index contributed by atoms with van der Waals surface area (Å²) in [7, 11) is 0. The Balaban J connectivity index is 1.25. The number of nitrogens with zero attached hydrogens (tertiary/aromatic N) is 5. The first-order chi connectivity index (χ1) is 11.7. The largest absolute Gasteiger partial charge is 0.370 e. The molecule has 9 nitrogen and oxygen atoms in total. The minimum Gasteiger partial charge on any atom is -0.370 e. The monoisotopic (exact) mass is 334 g/mol. The molecule has 0 atom stereocenters. The topological polar surface area (TPSA) is 82.9 Å². The van der Waals surface area contributed by atoms with E-state index in [0.717, 1.165) is 31.9 Å². The van der Waals surface area contributed by atoms with Crippen LogP contribution in [0.5, 0.6) is 0 Å². The number of aromatic nitrogens is 2. The van der Waals surface area contributed by atoms with Crippen molar-refractivity contribution in [3.8, 4) is 0 Å². The second-order valence-corrected chi connectivity index (χ2v) is 6.41. The summed E-state index contributed by atoms with van der Waals surface area (Å²) in [5.74, 6) is 0.0823. The third-order valence-electron chi connectivity index (χ3n) is 4.84. The lowest BCUT2D eigenvalue weighted by Crippen LogP contribution is -2.52. The van der Waals surface area contributed by atoms with Crippen molar-refractivity contribution in [2.45, 2.75) is 6.04 Å². The van der Waals surface area contributed by atoms with E-state index in [1.165, 1.54) is 0 Å². The van der Waals surface area contributed by atoms with Crippen LogP contribution >= 0.6 is 0 Å². The minimum atomic E-state index is -0.0556. The molecule has 9 heteroatoms. The number of urea groups is 1. The van der Waals surface area contributed by atoms with Gasteiger partial charge in [0.1, 0.15) is 6.61 Å². The van der Waals surface area contributed by atoms with Gasteiger partial charge in [0.05, 0.1) is 24.5 Å². The third-order valence-corrected chi connectivity index (χ3v) is 4.84. The SMILES string of the molecule is O=C1COCCN1CCN1CC(n2cc(N3CCNC3=O)cn2)C1. The lowest BCUT2D eigenvalue weighted by atomic mass is 10.1. The predicted molar refractivity (Wildman–Crippen MR) is 85.8 cm³/mol. The molecule has 4 rings (SSSR count). The average Bonchev–Trinajstić information content (AvgIpc) is 3.16. The van der Waals surface area contributed by atoms with Crippen LogP contribution in [0.15, 0.2) is 12.4 Å². The van der Waals surface area contributed by atoms with Crippen LogP contribution in [0.1, 0.15) is 6.04 Å². The molecule has 4 heterocycles. The number of ether oxygens (including phenoxy) is 1. The zero-order valence-electron chi connectivity index (χ0n) is 13.6. The zero-order valence-corrected chi connectivity index (χ0v) is 13.6. The van der Waals surface area contributed by atoms with Crippen molar-refractivity contribution in [2.75, 3.05) is 63.9 Å². The Morgan fingerprint density at radius 2 is 2.12 bits per heavy atom. The van der Waals surface area contributed by atoms with Crippen molar-refractivity contribution >= 4 is 17.6 Å². The Morgan fingerprint density at radius 3 is 2.88 bits per heavy atom. The molecule has 0 aromatic carbocycles. The first kappa shape index (κ1) is 15.4.